The summed E-state index contributed by atoms with van der Waals surface area (Å²) in [5.41, 5.74) is 0. The molecule has 0 aliphatic rings. The third-order valence-electron chi connectivity index (χ3n) is 11.5. The first-order valence-electron chi connectivity index (χ1n) is 25.9. The number of esters is 2. The SMILES string of the molecule is CCCCCCC/C=C/CCCCCCCC(=O)O[C@@H](COC(=O)CCCCCCCCCCCCCCCCCCCCCCCCC)COP(=O)([O-])OCC[N+](C)(C)C. The summed E-state index contributed by atoms with van der Waals surface area (Å²) in [7, 11) is 1.17. The number of hydrogen-bond acceptors (Lipinski definition) is 8. The van der Waals surface area contributed by atoms with E-state index < -0.39 is 26.5 Å². The summed E-state index contributed by atoms with van der Waals surface area (Å²) in [5, 5.41) is 0. The van der Waals surface area contributed by atoms with Gasteiger partial charge >= 0.3 is 11.9 Å². The molecule has 0 aromatic heterocycles. The summed E-state index contributed by atoms with van der Waals surface area (Å²) in [4.78, 5) is 37.7. The molecule has 0 aromatic rings. The van der Waals surface area contributed by atoms with Crippen LogP contribution >= 0.6 is 7.82 Å². The predicted molar refractivity (Wildman–Crippen MR) is 255 cm³/mol. The second kappa shape index (κ2) is 44.0. The number of quaternary nitrogens is 1. The van der Waals surface area contributed by atoms with E-state index in [1.165, 1.54) is 167 Å². The van der Waals surface area contributed by atoms with Crippen molar-refractivity contribution in [2.24, 2.45) is 0 Å². The minimum atomic E-state index is -4.63. The van der Waals surface area contributed by atoms with Crippen LogP contribution in [-0.2, 0) is 32.7 Å². The Bertz CT molecular complexity index is 1050. The maximum absolute atomic E-state index is 12.7. The van der Waals surface area contributed by atoms with Gasteiger partial charge in [0.15, 0.2) is 6.10 Å². The molecule has 362 valence electrons. The van der Waals surface area contributed by atoms with Crippen LogP contribution < -0.4 is 4.89 Å². The Morgan fingerprint density at radius 1 is 0.492 bits per heavy atom. The standard InChI is InChI=1S/C51H100NO8P/c1-6-8-10-12-14-16-18-20-22-23-24-25-26-27-28-29-30-32-33-35-37-39-41-43-50(53)57-47-49(48-59-61(55,56)58-46-45-52(3,4)5)60-51(54)44-42-40-38-36-34-31-21-19-17-15-13-11-9-7-2/h19,21,49H,6-18,20,22-48H2,1-5H3/b21-19+/t49-/m0/s1. The van der Waals surface area contributed by atoms with Gasteiger partial charge in [-0.25, -0.2) is 0 Å². The van der Waals surface area contributed by atoms with Crippen molar-refractivity contribution in [3.63, 3.8) is 0 Å². The van der Waals surface area contributed by atoms with Gasteiger partial charge in [-0.15, -0.1) is 0 Å². The first-order valence-corrected chi connectivity index (χ1v) is 27.4. The summed E-state index contributed by atoms with van der Waals surface area (Å²) in [6.07, 6.45) is 48.2. The first kappa shape index (κ1) is 59.8. The fourth-order valence-corrected chi connectivity index (χ4v) is 8.20. The number of phosphoric acid groups is 1. The van der Waals surface area contributed by atoms with Crippen LogP contribution in [0.4, 0.5) is 0 Å². The van der Waals surface area contributed by atoms with E-state index in [9.17, 15) is 19.0 Å². The van der Waals surface area contributed by atoms with Crippen molar-refractivity contribution in [1.29, 1.82) is 0 Å². The number of unbranched alkanes of at least 4 members (excludes halogenated alkanes) is 32. The normalized spacial score (nSPS) is 13.5. The lowest BCUT2D eigenvalue weighted by Crippen LogP contribution is -2.37. The molecule has 0 spiro atoms. The topological polar surface area (TPSA) is 111 Å². The quantitative estimate of drug-likeness (QED) is 0.0195. The molecule has 0 saturated carbocycles. The highest BCUT2D eigenvalue weighted by atomic mass is 31.2. The highest BCUT2D eigenvalue weighted by molar-refractivity contribution is 7.45. The Morgan fingerprint density at radius 3 is 1.21 bits per heavy atom. The number of rotatable bonds is 48. The Kier molecular flexibility index (Phi) is 43.1. The molecule has 2 atom stereocenters. The first-order chi connectivity index (χ1) is 29.5. The molecular weight excluding hydrogens is 786 g/mol. The van der Waals surface area contributed by atoms with Crippen LogP contribution in [-0.4, -0.2) is 70.0 Å². The molecule has 61 heavy (non-hydrogen) atoms. The van der Waals surface area contributed by atoms with Crippen molar-refractivity contribution in [3.05, 3.63) is 12.2 Å². The summed E-state index contributed by atoms with van der Waals surface area (Å²) in [5.74, 6) is -0.830. The lowest BCUT2D eigenvalue weighted by Gasteiger charge is -2.28. The second-order valence-corrected chi connectivity index (χ2v) is 20.3. The number of likely N-dealkylation sites (N-methyl/N-ethyl adjacent to an activating group) is 1. The van der Waals surface area contributed by atoms with E-state index in [2.05, 4.69) is 26.0 Å². The Labute approximate surface area is 377 Å². The monoisotopic (exact) mass is 886 g/mol. The van der Waals surface area contributed by atoms with Crippen LogP contribution in [0.3, 0.4) is 0 Å². The highest BCUT2D eigenvalue weighted by Gasteiger charge is 2.21. The van der Waals surface area contributed by atoms with Gasteiger partial charge in [-0.3, -0.25) is 14.2 Å². The number of hydrogen-bond donors (Lipinski definition) is 0. The Morgan fingerprint density at radius 2 is 0.836 bits per heavy atom. The van der Waals surface area contributed by atoms with Crippen molar-refractivity contribution in [2.75, 3.05) is 47.5 Å². The minimum Gasteiger partial charge on any atom is -0.756 e. The lowest BCUT2D eigenvalue weighted by atomic mass is 10.0. The molecule has 1 unspecified atom stereocenters. The van der Waals surface area contributed by atoms with Crippen LogP contribution in [0.2, 0.25) is 0 Å². The van der Waals surface area contributed by atoms with Gasteiger partial charge in [-0.2, -0.15) is 0 Å². The summed E-state index contributed by atoms with van der Waals surface area (Å²) >= 11 is 0. The molecule has 0 N–H and O–H groups in total. The average Bonchev–Trinajstić information content (AvgIpc) is 3.21. The van der Waals surface area contributed by atoms with Gasteiger partial charge in [0.25, 0.3) is 7.82 Å². The molecule has 0 aromatic carbocycles. The number of ether oxygens (including phenoxy) is 2. The molecule has 0 heterocycles. The third-order valence-corrected chi connectivity index (χ3v) is 12.5. The fraction of sp³-hybridized carbons (Fsp3) is 0.922. The molecule has 0 rings (SSSR count). The molecule has 0 aliphatic carbocycles. The van der Waals surface area contributed by atoms with Gasteiger partial charge in [0, 0.05) is 12.8 Å². The van der Waals surface area contributed by atoms with Crippen molar-refractivity contribution in [1.82, 2.24) is 0 Å². The summed E-state index contributed by atoms with van der Waals surface area (Å²) < 4.78 is 34.0. The Balaban J connectivity index is 4.15. The number of carbonyl (C=O) groups excluding carboxylic acids is 2. The van der Waals surface area contributed by atoms with Gasteiger partial charge in [0.1, 0.15) is 19.8 Å². The van der Waals surface area contributed by atoms with Crippen molar-refractivity contribution in [2.45, 2.75) is 258 Å². The summed E-state index contributed by atoms with van der Waals surface area (Å²) in [6.45, 7) is 4.25. The van der Waals surface area contributed by atoms with E-state index in [0.29, 0.717) is 17.4 Å². The van der Waals surface area contributed by atoms with E-state index in [1.807, 2.05) is 21.1 Å². The molecule has 0 radical (unpaired) electrons. The van der Waals surface area contributed by atoms with Gasteiger partial charge in [-0.05, 0) is 38.5 Å². The molecular formula is C51H100NO8P. The van der Waals surface area contributed by atoms with Crippen molar-refractivity contribution in [3.8, 4) is 0 Å². The number of carbonyl (C=O) groups is 2. The number of nitrogens with zero attached hydrogens (tertiary/aromatic N) is 1. The number of phosphoric ester groups is 1. The molecule has 0 aliphatic heterocycles. The van der Waals surface area contributed by atoms with Crippen LogP contribution in [0, 0.1) is 0 Å². The van der Waals surface area contributed by atoms with E-state index in [1.54, 1.807) is 0 Å². The number of allylic oxidation sites excluding steroid dienone is 2. The lowest BCUT2D eigenvalue weighted by molar-refractivity contribution is -0.870. The van der Waals surface area contributed by atoms with Crippen molar-refractivity contribution >= 4 is 19.8 Å². The minimum absolute atomic E-state index is 0.0291. The highest BCUT2D eigenvalue weighted by Crippen LogP contribution is 2.38. The zero-order chi connectivity index (χ0) is 45.0. The molecule has 0 bridgehead atoms. The van der Waals surface area contributed by atoms with Gasteiger partial charge in [0.2, 0.25) is 0 Å². The zero-order valence-corrected chi connectivity index (χ0v) is 41.8. The third kappa shape index (κ3) is 48.1. The van der Waals surface area contributed by atoms with Crippen LogP contribution in [0.5, 0.6) is 0 Å². The maximum Gasteiger partial charge on any atom is 0.306 e. The second-order valence-electron chi connectivity index (χ2n) is 18.9. The van der Waals surface area contributed by atoms with Crippen LogP contribution in [0.1, 0.15) is 251 Å². The predicted octanol–water partition coefficient (Wildman–Crippen LogP) is 14.7. The fourth-order valence-electron chi connectivity index (χ4n) is 7.48. The molecule has 10 heteroatoms. The smallest absolute Gasteiger partial charge is 0.306 e. The maximum atomic E-state index is 12.7. The van der Waals surface area contributed by atoms with Crippen LogP contribution in [0.25, 0.3) is 0 Å². The molecule has 0 amide bonds. The Hall–Kier alpha value is -1.25. The summed E-state index contributed by atoms with van der Waals surface area (Å²) in [6, 6.07) is 0. The molecule has 9 nitrogen and oxygen atoms in total. The molecule has 0 saturated heterocycles. The van der Waals surface area contributed by atoms with Gasteiger partial charge in [0.05, 0.1) is 27.7 Å². The largest absolute Gasteiger partial charge is 0.756 e. The van der Waals surface area contributed by atoms with Gasteiger partial charge < -0.3 is 27.9 Å². The van der Waals surface area contributed by atoms with E-state index in [4.69, 9.17) is 18.5 Å². The molecule has 0 fully saturated rings. The average molecular weight is 886 g/mol. The zero-order valence-electron chi connectivity index (χ0n) is 40.9. The van der Waals surface area contributed by atoms with E-state index >= 15 is 0 Å². The van der Waals surface area contributed by atoms with Crippen LogP contribution in [0.15, 0.2) is 12.2 Å². The van der Waals surface area contributed by atoms with Crippen molar-refractivity contribution < 1.29 is 42.1 Å². The van der Waals surface area contributed by atoms with Gasteiger partial charge in [-0.1, -0.05) is 212 Å². The van der Waals surface area contributed by atoms with E-state index in [0.717, 1.165) is 51.4 Å². The van der Waals surface area contributed by atoms with E-state index in [-0.39, 0.29) is 32.0 Å².